The number of nitriles is 1. The Bertz CT molecular complexity index is 333. The molecule has 0 heterocycles. The van der Waals surface area contributed by atoms with Crippen molar-refractivity contribution in [2.24, 2.45) is 0 Å². The summed E-state index contributed by atoms with van der Waals surface area (Å²) in [5, 5.41) is 8.18. The van der Waals surface area contributed by atoms with E-state index in [2.05, 4.69) is 0 Å². The average Bonchev–Trinajstić information content (AvgIpc) is 2.12. The number of hydrogen-bond acceptors (Lipinski definition) is 2. The molecule has 0 atom stereocenters. The van der Waals surface area contributed by atoms with E-state index in [4.69, 9.17) is 10.00 Å². The zero-order valence-electron chi connectivity index (χ0n) is 6.76. The van der Waals surface area contributed by atoms with Crippen molar-refractivity contribution in [2.75, 3.05) is 6.61 Å². The lowest BCUT2D eigenvalue weighted by Crippen LogP contribution is -1.96. The van der Waals surface area contributed by atoms with Gasteiger partial charge in [-0.05, 0) is 12.1 Å². The van der Waals surface area contributed by atoms with E-state index in [0.717, 1.165) is 12.1 Å². The molecule has 4 heteroatoms. The zero-order valence-corrected chi connectivity index (χ0v) is 6.76. The normalized spacial score (nSPS) is 9.31. The highest BCUT2D eigenvalue weighted by Crippen LogP contribution is 2.15. The van der Waals surface area contributed by atoms with Crippen molar-refractivity contribution in [3.05, 3.63) is 29.8 Å². The second-order valence-electron chi connectivity index (χ2n) is 2.33. The summed E-state index contributed by atoms with van der Waals surface area (Å²) in [5.41, 5.74) is 0. The van der Waals surface area contributed by atoms with Crippen molar-refractivity contribution < 1.29 is 13.5 Å². The van der Waals surface area contributed by atoms with Crippen LogP contribution in [0.5, 0.6) is 5.75 Å². The molecule has 0 aliphatic heterocycles. The molecule has 1 aromatic carbocycles. The molecule has 0 bridgehead atoms. The number of nitrogens with zero attached hydrogens (tertiary/aromatic N) is 1. The minimum atomic E-state index is -0.950. The second kappa shape index (κ2) is 4.41. The SMILES string of the molecule is N#CCCOc1ccc(F)c(F)c1. The van der Waals surface area contributed by atoms with Gasteiger partial charge in [-0.2, -0.15) is 5.26 Å². The Kier molecular flexibility index (Phi) is 3.21. The molecule has 0 saturated heterocycles. The van der Waals surface area contributed by atoms with Gasteiger partial charge >= 0.3 is 0 Å². The maximum Gasteiger partial charge on any atom is 0.162 e. The summed E-state index contributed by atoms with van der Waals surface area (Å²) < 4.78 is 29.9. The number of rotatable bonds is 3. The first kappa shape index (κ1) is 9.46. The molecule has 0 aromatic heterocycles. The molecular weight excluding hydrogens is 176 g/mol. The molecule has 0 aliphatic carbocycles. The Hall–Kier alpha value is -1.63. The fourth-order valence-corrected chi connectivity index (χ4v) is 0.781. The Morgan fingerprint density at radius 3 is 2.69 bits per heavy atom. The van der Waals surface area contributed by atoms with Gasteiger partial charge in [-0.3, -0.25) is 0 Å². The molecule has 0 N–H and O–H groups in total. The van der Waals surface area contributed by atoms with Gasteiger partial charge in [0.05, 0.1) is 12.5 Å². The predicted octanol–water partition coefficient (Wildman–Crippen LogP) is 2.26. The monoisotopic (exact) mass is 183 g/mol. The van der Waals surface area contributed by atoms with E-state index in [-0.39, 0.29) is 18.8 Å². The average molecular weight is 183 g/mol. The molecule has 2 nitrogen and oxygen atoms in total. The first-order valence-electron chi connectivity index (χ1n) is 3.69. The summed E-state index contributed by atoms with van der Waals surface area (Å²) >= 11 is 0. The number of ether oxygens (including phenoxy) is 1. The predicted molar refractivity (Wildman–Crippen MR) is 42.1 cm³/mol. The fourth-order valence-electron chi connectivity index (χ4n) is 0.781. The lowest BCUT2D eigenvalue weighted by atomic mass is 10.3. The third kappa shape index (κ3) is 2.71. The van der Waals surface area contributed by atoms with Gasteiger partial charge in [-0.1, -0.05) is 0 Å². The third-order valence-corrected chi connectivity index (χ3v) is 1.37. The topological polar surface area (TPSA) is 33.0 Å². The summed E-state index contributed by atoms with van der Waals surface area (Å²) in [6.07, 6.45) is 0.221. The minimum absolute atomic E-state index is 0.182. The van der Waals surface area contributed by atoms with Crippen LogP contribution in [0.25, 0.3) is 0 Å². The van der Waals surface area contributed by atoms with Gasteiger partial charge in [0.25, 0.3) is 0 Å². The molecular formula is C9H7F2NO. The molecule has 0 fully saturated rings. The summed E-state index contributed by atoms with van der Waals surface area (Å²) in [5.74, 6) is -1.63. The maximum absolute atomic E-state index is 12.6. The van der Waals surface area contributed by atoms with Crippen LogP contribution in [0.2, 0.25) is 0 Å². The number of hydrogen-bond donors (Lipinski definition) is 0. The summed E-state index contributed by atoms with van der Waals surface area (Å²) in [4.78, 5) is 0. The first-order chi connectivity index (χ1) is 6.24. The van der Waals surface area contributed by atoms with Gasteiger partial charge < -0.3 is 4.74 Å². The van der Waals surface area contributed by atoms with E-state index in [9.17, 15) is 8.78 Å². The van der Waals surface area contributed by atoms with Gasteiger partial charge in [0.15, 0.2) is 11.6 Å². The van der Waals surface area contributed by atoms with E-state index in [1.54, 1.807) is 0 Å². The molecule has 0 saturated carbocycles. The van der Waals surface area contributed by atoms with Crippen LogP contribution in [0.4, 0.5) is 8.78 Å². The number of halogens is 2. The molecule has 0 aliphatic rings. The van der Waals surface area contributed by atoms with Crippen LogP contribution in [-0.2, 0) is 0 Å². The van der Waals surface area contributed by atoms with Crippen LogP contribution in [0.3, 0.4) is 0 Å². The smallest absolute Gasteiger partial charge is 0.162 e. The van der Waals surface area contributed by atoms with E-state index in [1.807, 2.05) is 6.07 Å². The largest absolute Gasteiger partial charge is 0.492 e. The van der Waals surface area contributed by atoms with Crippen molar-refractivity contribution in [2.45, 2.75) is 6.42 Å². The van der Waals surface area contributed by atoms with Crippen LogP contribution in [0.15, 0.2) is 18.2 Å². The van der Waals surface area contributed by atoms with Gasteiger partial charge in [0.1, 0.15) is 12.4 Å². The van der Waals surface area contributed by atoms with Crippen molar-refractivity contribution in [1.29, 1.82) is 5.26 Å². The van der Waals surface area contributed by atoms with Crippen LogP contribution in [-0.4, -0.2) is 6.61 Å². The highest BCUT2D eigenvalue weighted by atomic mass is 19.2. The Morgan fingerprint density at radius 2 is 2.08 bits per heavy atom. The van der Waals surface area contributed by atoms with Crippen LogP contribution >= 0.6 is 0 Å². The Morgan fingerprint density at radius 1 is 1.31 bits per heavy atom. The highest BCUT2D eigenvalue weighted by molar-refractivity contribution is 5.23. The quantitative estimate of drug-likeness (QED) is 0.673. The highest BCUT2D eigenvalue weighted by Gasteiger charge is 2.02. The summed E-state index contributed by atoms with van der Waals surface area (Å²) in [6, 6.07) is 5.12. The Labute approximate surface area is 74.4 Å². The summed E-state index contributed by atoms with van der Waals surface area (Å²) in [7, 11) is 0. The molecule has 0 amide bonds. The van der Waals surface area contributed by atoms with Gasteiger partial charge in [0.2, 0.25) is 0 Å². The van der Waals surface area contributed by atoms with Crippen molar-refractivity contribution in [1.82, 2.24) is 0 Å². The second-order valence-corrected chi connectivity index (χ2v) is 2.33. The van der Waals surface area contributed by atoms with Crippen molar-refractivity contribution in [3.63, 3.8) is 0 Å². The van der Waals surface area contributed by atoms with Crippen LogP contribution < -0.4 is 4.74 Å². The van der Waals surface area contributed by atoms with E-state index in [0.29, 0.717) is 0 Å². The Balaban J connectivity index is 2.59. The van der Waals surface area contributed by atoms with Crippen molar-refractivity contribution >= 4 is 0 Å². The van der Waals surface area contributed by atoms with E-state index < -0.39 is 11.6 Å². The summed E-state index contributed by atoms with van der Waals surface area (Å²) in [6.45, 7) is 0.182. The van der Waals surface area contributed by atoms with Crippen LogP contribution in [0.1, 0.15) is 6.42 Å². The first-order valence-corrected chi connectivity index (χ1v) is 3.69. The molecule has 0 spiro atoms. The molecule has 0 radical (unpaired) electrons. The van der Waals surface area contributed by atoms with Crippen LogP contribution in [0, 0.1) is 23.0 Å². The van der Waals surface area contributed by atoms with Gasteiger partial charge in [-0.15, -0.1) is 0 Å². The van der Waals surface area contributed by atoms with Gasteiger partial charge in [-0.25, -0.2) is 8.78 Å². The third-order valence-electron chi connectivity index (χ3n) is 1.37. The molecule has 1 aromatic rings. The van der Waals surface area contributed by atoms with E-state index in [1.165, 1.54) is 6.07 Å². The zero-order chi connectivity index (χ0) is 9.68. The standard InChI is InChI=1S/C9H7F2NO/c10-8-3-2-7(6-9(8)11)13-5-1-4-12/h2-3,6H,1,5H2. The lowest BCUT2D eigenvalue weighted by molar-refractivity contribution is 0.323. The fraction of sp³-hybridized carbons (Fsp3) is 0.222. The molecule has 0 unspecified atom stereocenters. The number of benzene rings is 1. The molecule has 68 valence electrons. The molecule has 13 heavy (non-hydrogen) atoms. The van der Waals surface area contributed by atoms with E-state index >= 15 is 0 Å². The van der Waals surface area contributed by atoms with Crippen molar-refractivity contribution in [3.8, 4) is 11.8 Å². The lowest BCUT2D eigenvalue weighted by Gasteiger charge is -2.02. The minimum Gasteiger partial charge on any atom is -0.492 e. The maximum atomic E-state index is 12.6. The van der Waals surface area contributed by atoms with Gasteiger partial charge in [0, 0.05) is 6.07 Å². The molecule has 1 rings (SSSR count).